The van der Waals surface area contributed by atoms with Crippen LogP contribution in [0.4, 0.5) is 5.82 Å². The first-order valence-corrected chi connectivity index (χ1v) is 7.11. The van der Waals surface area contributed by atoms with Gasteiger partial charge in [-0.3, -0.25) is 0 Å². The number of ether oxygens (including phenoxy) is 1. The zero-order chi connectivity index (χ0) is 14.4. The lowest BCUT2D eigenvalue weighted by Crippen LogP contribution is -2.03. The number of hydrogen-bond acceptors (Lipinski definition) is 3. The molecule has 0 bridgehead atoms. The second-order valence-corrected chi connectivity index (χ2v) is 5.06. The van der Waals surface area contributed by atoms with E-state index in [0.29, 0.717) is 12.5 Å². The van der Waals surface area contributed by atoms with Gasteiger partial charge in [-0.25, -0.2) is 4.98 Å². The summed E-state index contributed by atoms with van der Waals surface area (Å²) in [7, 11) is 0. The van der Waals surface area contributed by atoms with Gasteiger partial charge in [-0.15, -0.1) is 0 Å². The SMILES string of the molecule is CCNc1cccc(COc2ccc(C(C)C)cc2)n1. The van der Waals surface area contributed by atoms with Gasteiger partial charge in [0.2, 0.25) is 0 Å². The lowest BCUT2D eigenvalue weighted by molar-refractivity contribution is 0.301. The van der Waals surface area contributed by atoms with E-state index in [1.165, 1.54) is 5.56 Å². The van der Waals surface area contributed by atoms with Crippen LogP contribution in [0.5, 0.6) is 5.75 Å². The van der Waals surface area contributed by atoms with Gasteiger partial charge >= 0.3 is 0 Å². The molecule has 1 heterocycles. The van der Waals surface area contributed by atoms with Crippen LogP contribution in [0.15, 0.2) is 42.5 Å². The van der Waals surface area contributed by atoms with Gasteiger partial charge in [-0.1, -0.05) is 32.0 Å². The maximum Gasteiger partial charge on any atom is 0.130 e. The molecule has 0 saturated carbocycles. The first-order chi connectivity index (χ1) is 9.69. The van der Waals surface area contributed by atoms with Crippen molar-refractivity contribution in [1.29, 1.82) is 0 Å². The molecule has 1 N–H and O–H groups in total. The number of aromatic nitrogens is 1. The third-order valence-electron chi connectivity index (χ3n) is 3.10. The number of nitrogens with one attached hydrogen (secondary N) is 1. The highest BCUT2D eigenvalue weighted by Crippen LogP contribution is 2.19. The number of pyridine rings is 1. The van der Waals surface area contributed by atoms with E-state index in [0.717, 1.165) is 23.8 Å². The Balaban J connectivity index is 1.96. The lowest BCUT2D eigenvalue weighted by Gasteiger charge is -2.09. The van der Waals surface area contributed by atoms with E-state index in [1.54, 1.807) is 0 Å². The van der Waals surface area contributed by atoms with Crippen molar-refractivity contribution in [1.82, 2.24) is 4.98 Å². The Bertz CT molecular complexity index is 535. The van der Waals surface area contributed by atoms with Gasteiger partial charge in [0, 0.05) is 6.54 Å². The van der Waals surface area contributed by atoms with E-state index in [2.05, 4.69) is 43.2 Å². The highest BCUT2D eigenvalue weighted by molar-refractivity contribution is 5.35. The molecule has 3 heteroatoms. The average Bonchev–Trinajstić information content (AvgIpc) is 2.46. The fourth-order valence-electron chi connectivity index (χ4n) is 1.95. The zero-order valence-electron chi connectivity index (χ0n) is 12.4. The van der Waals surface area contributed by atoms with Gasteiger partial charge in [-0.05, 0) is 42.7 Å². The molecule has 0 radical (unpaired) electrons. The quantitative estimate of drug-likeness (QED) is 0.853. The van der Waals surface area contributed by atoms with Crippen LogP contribution in [0.1, 0.15) is 37.9 Å². The minimum absolute atomic E-state index is 0.486. The Hall–Kier alpha value is -2.03. The maximum atomic E-state index is 5.77. The molecule has 0 amide bonds. The van der Waals surface area contributed by atoms with Gasteiger partial charge in [0.05, 0.1) is 5.69 Å². The summed E-state index contributed by atoms with van der Waals surface area (Å²) >= 11 is 0. The molecule has 0 aliphatic rings. The molecule has 0 saturated heterocycles. The maximum absolute atomic E-state index is 5.77. The van der Waals surface area contributed by atoms with Crippen LogP contribution in [0.2, 0.25) is 0 Å². The molecule has 0 aliphatic heterocycles. The van der Waals surface area contributed by atoms with Crippen molar-refractivity contribution < 1.29 is 4.74 Å². The molecule has 0 spiro atoms. The fourth-order valence-corrected chi connectivity index (χ4v) is 1.95. The first kappa shape index (κ1) is 14.4. The average molecular weight is 270 g/mol. The zero-order valence-corrected chi connectivity index (χ0v) is 12.4. The summed E-state index contributed by atoms with van der Waals surface area (Å²) in [5.41, 5.74) is 2.25. The van der Waals surface area contributed by atoms with Gasteiger partial charge in [0.25, 0.3) is 0 Å². The van der Waals surface area contributed by atoms with E-state index < -0.39 is 0 Å². The topological polar surface area (TPSA) is 34.1 Å². The Morgan fingerprint density at radius 3 is 2.50 bits per heavy atom. The number of benzene rings is 1. The number of nitrogens with zero attached hydrogens (tertiary/aromatic N) is 1. The van der Waals surface area contributed by atoms with Crippen LogP contribution < -0.4 is 10.1 Å². The first-order valence-electron chi connectivity index (χ1n) is 7.11. The third kappa shape index (κ3) is 3.98. The Morgan fingerprint density at radius 1 is 1.10 bits per heavy atom. The molecule has 3 nitrogen and oxygen atoms in total. The predicted molar refractivity (Wildman–Crippen MR) is 83.3 cm³/mol. The number of rotatable bonds is 6. The van der Waals surface area contributed by atoms with Crippen molar-refractivity contribution in [3.05, 3.63) is 53.7 Å². The molecule has 1 aromatic heterocycles. The molecular weight excluding hydrogens is 248 g/mol. The van der Waals surface area contributed by atoms with Gasteiger partial charge in [0.1, 0.15) is 18.2 Å². The molecule has 2 rings (SSSR count). The van der Waals surface area contributed by atoms with Crippen LogP contribution in [-0.2, 0) is 6.61 Å². The van der Waals surface area contributed by atoms with E-state index in [9.17, 15) is 0 Å². The summed E-state index contributed by atoms with van der Waals surface area (Å²) in [6.07, 6.45) is 0. The standard InChI is InChI=1S/C17H22N2O/c1-4-18-17-7-5-6-15(19-17)12-20-16-10-8-14(9-11-16)13(2)3/h5-11,13H,4,12H2,1-3H3,(H,18,19). The smallest absolute Gasteiger partial charge is 0.130 e. The van der Waals surface area contributed by atoms with Crippen molar-refractivity contribution in [3.8, 4) is 5.75 Å². The van der Waals surface area contributed by atoms with Gasteiger partial charge < -0.3 is 10.1 Å². The third-order valence-corrected chi connectivity index (χ3v) is 3.10. The van der Waals surface area contributed by atoms with Crippen molar-refractivity contribution in [2.45, 2.75) is 33.3 Å². The Kier molecular flexibility index (Phi) is 4.99. The van der Waals surface area contributed by atoms with E-state index in [-0.39, 0.29) is 0 Å². The minimum atomic E-state index is 0.486. The summed E-state index contributed by atoms with van der Waals surface area (Å²) in [4.78, 5) is 4.49. The fraction of sp³-hybridized carbons (Fsp3) is 0.353. The Morgan fingerprint density at radius 2 is 1.85 bits per heavy atom. The molecule has 20 heavy (non-hydrogen) atoms. The largest absolute Gasteiger partial charge is 0.487 e. The predicted octanol–water partition coefficient (Wildman–Crippen LogP) is 4.22. The molecule has 2 aromatic rings. The number of hydrogen-bond donors (Lipinski definition) is 1. The monoisotopic (exact) mass is 270 g/mol. The summed E-state index contributed by atoms with van der Waals surface area (Å²) < 4.78 is 5.77. The molecule has 0 atom stereocenters. The highest BCUT2D eigenvalue weighted by Gasteiger charge is 2.01. The van der Waals surface area contributed by atoms with Crippen LogP contribution in [0.25, 0.3) is 0 Å². The Labute approximate surface area is 121 Å². The molecule has 1 aromatic carbocycles. The van der Waals surface area contributed by atoms with Crippen molar-refractivity contribution in [2.75, 3.05) is 11.9 Å². The number of anilines is 1. The van der Waals surface area contributed by atoms with Gasteiger partial charge in [-0.2, -0.15) is 0 Å². The molecule has 0 aliphatic carbocycles. The lowest BCUT2D eigenvalue weighted by atomic mass is 10.0. The van der Waals surface area contributed by atoms with E-state index >= 15 is 0 Å². The van der Waals surface area contributed by atoms with Crippen LogP contribution in [-0.4, -0.2) is 11.5 Å². The summed E-state index contributed by atoms with van der Waals surface area (Å²) in [6.45, 7) is 7.79. The van der Waals surface area contributed by atoms with Crippen LogP contribution >= 0.6 is 0 Å². The van der Waals surface area contributed by atoms with E-state index in [4.69, 9.17) is 4.74 Å². The van der Waals surface area contributed by atoms with Gasteiger partial charge in [0.15, 0.2) is 0 Å². The normalized spacial score (nSPS) is 10.6. The molecule has 0 unspecified atom stereocenters. The molecule has 106 valence electrons. The van der Waals surface area contributed by atoms with Crippen LogP contribution in [0.3, 0.4) is 0 Å². The van der Waals surface area contributed by atoms with Crippen molar-refractivity contribution >= 4 is 5.82 Å². The van der Waals surface area contributed by atoms with Crippen LogP contribution in [0, 0.1) is 0 Å². The summed E-state index contributed by atoms with van der Waals surface area (Å²) in [6, 6.07) is 14.2. The second kappa shape index (κ2) is 6.94. The second-order valence-electron chi connectivity index (χ2n) is 5.06. The highest BCUT2D eigenvalue weighted by atomic mass is 16.5. The minimum Gasteiger partial charge on any atom is -0.487 e. The summed E-state index contributed by atoms with van der Waals surface area (Å²) in [5, 5.41) is 3.20. The van der Waals surface area contributed by atoms with Crippen molar-refractivity contribution in [2.24, 2.45) is 0 Å². The van der Waals surface area contributed by atoms with E-state index in [1.807, 2.05) is 30.3 Å². The summed E-state index contributed by atoms with van der Waals surface area (Å²) in [5.74, 6) is 2.32. The molecular formula is C17H22N2O. The molecule has 0 fully saturated rings. The van der Waals surface area contributed by atoms with Crippen molar-refractivity contribution in [3.63, 3.8) is 0 Å².